The van der Waals surface area contributed by atoms with Gasteiger partial charge in [0, 0.05) is 54.8 Å². The van der Waals surface area contributed by atoms with Crippen LogP contribution in [0.2, 0.25) is 0 Å². The number of carbonyl (C=O) groups is 1. The molecule has 0 atom stereocenters. The van der Waals surface area contributed by atoms with Gasteiger partial charge in [-0.15, -0.1) is 11.3 Å². The van der Waals surface area contributed by atoms with Crippen molar-refractivity contribution in [2.45, 2.75) is 6.42 Å². The molecule has 1 fully saturated rings. The molecule has 0 unspecified atom stereocenters. The predicted molar refractivity (Wildman–Crippen MR) is 108 cm³/mol. The lowest BCUT2D eigenvalue weighted by molar-refractivity contribution is 0.0664. The summed E-state index contributed by atoms with van der Waals surface area (Å²) in [7, 11) is 2.09. The van der Waals surface area contributed by atoms with E-state index in [2.05, 4.69) is 22.1 Å². The molecule has 1 amide bonds. The number of fused-ring (bicyclic) bond motifs is 3. The largest absolute Gasteiger partial charge is 0.492 e. The Kier molecular flexibility index (Phi) is 4.37. The Balaban J connectivity index is 1.47. The highest BCUT2D eigenvalue weighted by Crippen LogP contribution is 2.39. The number of aromatic nitrogens is 3. The number of ether oxygens (including phenoxy) is 1. The van der Waals surface area contributed by atoms with Crippen LogP contribution in [0.3, 0.4) is 0 Å². The van der Waals surface area contributed by atoms with Crippen LogP contribution in [-0.4, -0.2) is 70.7 Å². The lowest BCUT2D eigenvalue weighted by Gasteiger charge is -2.31. The fraction of sp³-hybridized carbons (Fsp3) is 0.350. The number of likely N-dealkylation sites (N-methyl/N-ethyl adjacent to an activating group) is 1. The average Bonchev–Trinajstić information content (AvgIpc) is 3.36. The standard InChI is InChI=1S/C20H21N5O2S/c1-24-5-7-25(8-6-24)20(26)19-23-18-15-3-2-13(14-11-21-22-12-14)10-16(15)27-9-4-17(18)28-19/h2-3,10-12H,4-9H2,1H3,(H,21,22). The molecule has 0 radical (unpaired) electrons. The van der Waals surface area contributed by atoms with Gasteiger partial charge in [0.05, 0.1) is 18.5 Å². The number of piperazine rings is 1. The first-order chi connectivity index (χ1) is 13.7. The number of amides is 1. The molecule has 2 aliphatic heterocycles. The van der Waals surface area contributed by atoms with Crippen molar-refractivity contribution in [3.63, 3.8) is 0 Å². The van der Waals surface area contributed by atoms with Gasteiger partial charge in [-0.05, 0) is 24.7 Å². The highest BCUT2D eigenvalue weighted by Gasteiger charge is 2.27. The van der Waals surface area contributed by atoms with E-state index in [9.17, 15) is 4.79 Å². The molecule has 4 heterocycles. The van der Waals surface area contributed by atoms with E-state index in [1.54, 1.807) is 6.20 Å². The Bertz CT molecular complexity index is 1010. The average molecular weight is 395 g/mol. The van der Waals surface area contributed by atoms with Gasteiger partial charge in [-0.3, -0.25) is 9.89 Å². The third-order valence-corrected chi connectivity index (χ3v) is 6.43. The topological polar surface area (TPSA) is 74.3 Å². The van der Waals surface area contributed by atoms with Gasteiger partial charge in [-0.2, -0.15) is 5.10 Å². The number of nitrogens with one attached hydrogen (secondary N) is 1. The van der Waals surface area contributed by atoms with E-state index in [0.29, 0.717) is 11.6 Å². The lowest BCUT2D eigenvalue weighted by atomic mass is 10.0. The van der Waals surface area contributed by atoms with Crippen LogP contribution in [0, 0.1) is 0 Å². The van der Waals surface area contributed by atoms with Crippen LogP contribution in [0.25, 0.3) is 22.4 Å². The van der Waals surface area contributed by atoms with Crippen molar-refractivity contribution in [3.8, 4) is 28.1 Å². The molecule has 1 N–H and O–H groups in total. The second-order valence-corrected chi connectivity index (χ2v) is 8.27. The second-order valence-electron chi connectivity index (χ2n) is 7.18. The number of H-pyrrole nitrogens is 1. The minimum atomic E-state index is 0.0451. The normalized spacial score (nSPS) is 16.8. The summed E-state index contributed by atoms with van der Waals surface area (Å²) in [4.78, 5) is 23.0. The first-order valence-electron chi connectivity index (χ1n) is 9.43. The minimum absolute atomic E-state index is 0.0451. The maximum atomic E-state index is 12.9. The molecule has 2 aliphatic rings. The highest BCUT2D eigenvalue weighted by atomic mass is 32.1. The van der Waals surface area contributed by atoms with E-state index in [4.69, 9.17) is 9.72 Å². The van der Waals surface area contributed by atoms with Crippen LogP contribution in [-0.2, 0) is 6.42 Å². The zero-order chi connectivity index (χ0) is 19.1. The summed E-state index contributed by atoms with van der Waals surface area (Å²) >= 11 is 1.51. The summed E-state index contributed by atoms with van der Waals surface area (Å²) in [6, 6.07) is 6.10. The molecule has 0 bridgehead atoms. The maximum absolute atomic E-state index is 12.9. The zero-order valence-electron chi connectivity index (χ0n) is 15.6. The van der Waals surface area contributed by atoms with Gasteiger partial charge < -0.3 is 14.5 Å². The molecule has 7 nitrogen and oxygen atoms in total. The van der Waals surface area contributed by atoms with Gasteiger partial charge in [-0.25, -0.2) is 4.98 Å². The number of aromatic amines is 1. The molecule has 144 valence electrons. The third kappa shape index (κ3) is 3.08. The summed E-state index contributed by atoms with van der Waals surface area (Å²) < 4.78 is 5.99. The van der Waals surface area contributed by atoms with Gasteiger partial charge in [0.2, 0.25) is 0 Å². The van der Waals surface area contributed by atoms with Crippen molar-refractivity contribution in [2.75, 3.05) is 39.8 Å². The number of hydrogen-bond donors (Lipinski definition) is 1. The smallest absolute Gasteiger partial charge is 0.282 e. The van der Waals surface area contributed by atoms with Gasteiger partial charge in [0.15, 0.2) is 5.01 Å². The number of carbonyl (C=O) groups excluding carboxylic acids is 1. The van der Waals surface area contributed by atoms with Gasteiger partial charge in [-0.1, -0.05) is 6.07 Å². The molecule has 2 aromatic heterocycles. The molecular formula is C20H21N5O2S. The van der Waals surface area contributed by atoms with Crippen molar-refractivity contribution in [1.29, 1.82) is 0 Å². The van der Waals surface area contributed by atoms with E-state index < -0.39 is 0 Å². The number of hydrogen-bond acceptors (Lipinski definition) is 6. The van der Waals surface area contributed by atoms with Crippen LogP contribution < -0.4 is 4.74 Å². The Morgan fingerprint density at radius 3 is 2.86 bits per heavy atom. The molecule has 8 heteroatoms. The molecule has 3 aromatic rings. The van der Waals surface area contributed by atoms with E-state index in [1.807, 2.05) is 29.3 Å². The lowest BCUT2D eigenvalue weighted by Crippen LogP contribution is -2.47. The van der Waals surface area contributed by atoms with Crippen LogP contribution in [0.1, 0.15) is 14.7 Å². The van der Waals surface area contributed by atoms with Crippen LogP contribution in [0.15, 0.2) is 30.6 Å². The highest BCUT2D eigenvalue weighted by molar-refractivity contribution is 7.14. The fourth-order valence-corrected chi connectivity index (χ4v) is 4.67. The summed E-state index contributed by atoms with van der Waals surface area (Å²) in [6.45, 7) is 3.91. The second kappa shape index (κ2) is 7.03. The summed E-state index contributed by atoms with van der Waals surface area (Å²) in [5, 5.41) is 7.44. The molecular weight excluding hydrogens is 374 g/mol. The SMILES string of the molecule is CN1CCN(C(=O)c2nc3c(s2)CCOc2cc(-c4cn[nH]c4)ccc2-3)CC1. The zero-order valence-corrected chi connectivity index (χ0v) is 16.5. The van der Waals surface area contributed by atoms with E-state index in [0.717, 1.165) is 65.6 Å². The molecule has 0 aliphatic carbocycles. The number of thiazole rings is 1. The van der Waals surface area contributed by atoms with E-state index in [1.165, 1.54) is 11.3 Å². The molecule has 0 saturated carbocycles. The maximum Gasteiger partial charge on any atom is 0.282 e. The first-order valence-corrected chi connectivity index (χ1v) is 10.2. The summed E-state index contributed by atoms with van der Waals surface area (Å²) in [5.41, 5.74) is 3.89. The summed E-state index contributed by atoms with van der Waals surface area (Å²) in [6.07, 6.45) is 4.41. The predicted octanol–water partition coefficient (Wildman–Crippen LogP) is 2.52. The van der Waals surface area contributed by atoms with E-state index >= 15 is 0 Å². The number of benzene rings is 1. The minimum Gasteiger partial charge on any atom is -0.492 e. The molecule has 0 spiro atoms. The summed E-state index contributed by atoms with van der Waals surface area (Å²) in [5.74, 6) is 0.852. The van der Waals surface area contributed by atoms with Crippen molar-refractivity contribution in [1.82, 2.24) is 25.0 Å². The molecule has 1 aromatic carbocycles. The molecule has 28 heavy (non-hydrogen) atoms. The van der Waals surface area contributed by atoms with Crippen molar-refractivity contribution >= 4 is 17.2 Å². The van der Waals surface area contributed by atoms with Crippen molar-refractivity contribution in [2.24, 2.45) is 0 Å². The Hall–Kier alpha value is -2.71. The number of rotatable bonds is 2. The van der Waals surface area contributed by atoms with Gasteiger partial charge in [0.1, 0.15) is 5.75 Å². The molecule has 1 saturated heterocycles. The fourth-order valence-electron chi connectivity index (χ4n) is 3.65. The van der Waals surface area contributed by atoms with Crippen molar-refractivity contribution in [3.05, 3.63) is 40.5 Å². The van der Waals surface area contributed by atoms with Crippen LogP contribution >= 0.6 is 11.3 Å². The Morgan fingerprint density at radius 1 is 1.21 bits per heavy atom. The first kappa shape index (κ1) is 17.4. The third-order valence-electron chi connectivity index (χ3n) is 5.33. The van der Waals surface area contributed by atoms with Gasteiger partial charge >= 0.3 is 0 Å². The monoisotopic (exact) mass is 395 g/mol. The Morgan fingerprint density at radius 2 is 2.07 bits per heavy atom. The van der Waals surface area contributed by atoms with E-state index in [-0.39, 0.29) is 5.91 Å². The van der Waals surface area contributed by atoms with Crippen LogP contribution in [0.4, 0.5) is 0 Å². The quantitative estimate of drug-likeness (QED) is 0.722. The van der Waals surface area contributed by atoms with Crippen molar-refractivity contribution < 1.29 is 9.53 Å². The van der Waals surface area contributed by atoms with Crippen LogP contribution in [0.5, 0.6) is 5.75 Å². The number of nitrogens with zero attached hydrogens (tertiary/aromatic N) is 4. The Labute approximate surface area is 167 Å². The molecule has 5 rings (SSSR count). The van der Waals surface area contributed by atoms with Gasteiger partial charge in [0.25, 0.3) is 5.91 Å².